The maximum Gasteiger partial charge on any atom is 0.308 e. The number of benzene rings is 1. The van der Waals surface area contributed by atoms with Gasteiger partial charge < -0.3 is 14.6 Å². The second kappa shape index (κ2) is 6.70. The Hall–Kier alpha value is -1.64. The predicted octanol–water partition coefficient (Wildman–Crippen LogP) is 1.34. The predicted molar refractivity (Wildman–Crippen MR) is 85.4 cm³/mol. The van der Waals surface area contributed by atoms with Gasteiger partial charge in [-0.2, -0.15) is 4.31 Å². The molecule has 7 nitrogen and oxygen atoms in total. The second-order valence-corrected chi connectivity index (χ2v) is 7.97. The fourth-order valence-electron chi connectivity index (χ4n) is 3.65. The van der Waals surface area contributed by atoms with Crippen LogP contribution in [-0.4, -0.2) is 56.2 Å². The summed E-state index contributed by atoms with van der Waals surface area (Å²) in [5.74, 6) is -0.946. The Morgan fingerprint density at radius 1 is 1.25 bits per heavy atom. The zero-order valence-electron chi connectivity index (χ0n) is 13.4. The molecule has 2 bridgehead atoms. The van der Waals surface area contributed by atoms with Gasteiger partial charge in [-0.15, -0.1) is 0 Å². The van der Waals surface area contributed by atoms with Crippen molar-refractivity contribution in [2.24, 2.45) is 5.92 Å². The van der Waals surface area contributed by atoms with Crippen LogP contribution in [0.4, 0.5) is 0 Å². The van der Waals surface area contributed by atoms with E-state index in [9.17, 15) is 18.3 Å². The number of sulfonamides is 1. The molecule has 1 aromatic carbocycles. The van der Waals surface area contributed by atoms with Gasteiger partial charge in [-0.1, -0.05) is 0 Å². The molecule has 0 aromatic heterocycles. The third kappa shape index (κ3) is 3.01. The standard InChI is InChI=1S/C16H21NO6S/c1-22-8-9-23-12-3-5-13(6-4-12)24(20,21)17-11-2-7-15(17)14(10-11)16(18)19/h3-6,11,14-15H,2,7-10H2,1H3,(H,18,19). The van der Waals surface area contributed by atoms with Gasteiger partial charge in [-0.05, 0) is 43.5 Å². The van der Waals surface area contributed by atoms with Crippen molar-refractivity contribution < 1.29 is 27.8 Å². The lowest BCUT2D eigenvalue weighted by molar-refractivity contribution is -0.142. The molecular formula is C16H21NO6S. The van der Waals surface area contributed by atoms with Crippen LogP contribution in [0.3, 0.4) is 0 Å². The van der Waals surface area contributed by atoms with Crippen molar-refractivity contribution in [2.75, 3.05) is 20.3 Å². The van der Waals surface area contributed by atoms with Gasteiger partial charge in [0.25, 0.3) is 0 Å². The number of ether oxygens (including phenoxy) is 2. The highest BCUT2D eigenvalue weighted by molar-refractivity contribution is 7.89. The molecule has 1 N–H and O–H groups in total. The first kappa shape index (κ1) is 17.2. The molecule has 132 valence electrons. The van der Waals surface area contributed by atoms with E-state index in [0.717, 1.165) is 6.42 Å². The minimum Gasteiger partial charge on any atom is -0.491 e. The van der Waals surface area contributed by atoms with E-state index in [1.807, 2.05) is 0 Å². The Balaban J connectivity index is 1.77. The number of aliphatic carboxylic acids is 1. The van der Waals surface area contributed by atoms with Crippen LogP contribution in [0.1, 0.15) is 19.3 Å². The molecule has 2 aliphatic rings. The third-order valence-corrected chi connectivity index (χ3v) is 6.74. The fraction of sp³-hybridized carbons (Fsp3) is 0.562. The fourth-order valence-corrected chi connectivity index (χ4v) is 5.57. The van der Waals surface area contributed by atoms with Gasteiger partial charge in [0.05, 0.1) is 17.4 Å². The average molecular weight is 355 g/mol. The normalized spacial score (nSPS) is 26.6. The second-order valence-electron chi connectivity index (χ2n) is 6.13. The molecule has 3 atom stereocenters. The highest BCUT2D eigenvalue weighted by Gasteiger charge is 2.54. The minimum absolute atomic E-state index is 0.171. The summed E-state index contributed by atoms with van der Waals surface area (Å²) in [5, 5.41) is 9.28. The lowest BCUT2D eigenvalue weighted by Crippen LogP contribution is -2.37. The Bertz CT molecular complexity index is 702. The van der Waals surface area contributed by atoms with E-state index in [0.29, 0.717) is 31.8 Å². The van der Waals surface area contributed by atoms with E-state index in [1.165, 1.54) is 16.4 Å². The first-order valence-corrected chi connectivity index (χ1v) is 9.37. The minimum atomic E-state index is -3.69. The number of nitrogens with zero attached hydrogens (tertiary/aromatic N) is 1. The molecule has 3 unspecified atom stereocenters. The number of methoxy groups -OCH3 is 1. The van der Waals surface area contributed by atoms with E-state index in [-0.39, 0.29) is 10.9 Å². The van der Waals surface area contributed by atoms with Crippen molar-refractivity contribution in [3.63, 3.8) is 0 Å². The van der Waals surface area contributed by atoms with Gasteiger partial charge in [0.15, 0.2) is 0 Å². The van der Waals surface area contributed by atoms with Crippen LogP contribution < -0.4 is 4.74 Å². The number of hydrogen-bond donors (Lipinski definition) is 1. The first-order chi connectivity index (χ1) is 11.4. The Morgan fingerprint density at radius 2 is 1.96 bits per heavy atom. The Kier molecular flexibility index (Phi) is 4.80. The number of hydrogen-bond acceptors (Lipinski definition) is 5. The molecule has 0 radical (unpaired) electrons. The topological polar surface area (TPSA) is 93.1 Å². The highest BCUT2D eigenvalue weighted by Crippen LogP contribution is 2.45. The number of fused-ring (bicyclic) bond motifs is 2. The molecule has 0 amide bonds. The number of carboxylic acid groups (broad SMARTS) is 1. The molecule has 0 spiro atoms. The van der Waals surface area contributed by atoms with Crippen LogP contribution in [0.15, 0.2) is 29.2 Å². The van der Waals surface area contributed by atoms with Crippen LogP contribution >= 0.6 is 0 Å². The van der Waals surface area contributed by atoms with Gasteiger partial charge in [-0.3, -0.25) is 4.79 Å². The van der Waals surface area contributed by atoms with Crippen LogP contribution in [0.25, 0.3) is 0 Å². The molecular weight excluding hydrogens is 334 g/mol. The smallest absolute Gasteiger partial charge is 0.308 e. The van der Waals surface area contributed by atoms with Gasteiger partial charge in [0.1, 0.15) is 12.4 Å². The number of carboxylic acids is 1. The zero-order chi connectivity index (χ0) is 17.3. The molecule has 3 rings (SSSR count). The van der Waals surface area contributed by atoms with E-state index in [4.69, 9.17) is 9.47 Å². The van der Waals surface area contributed by atoms with Crippen LogP contribution in [0.2, 0.25) is 0 Å². The summed E-state index contributed by atoms with van der Waals surface area (Å²) in [6.07, 6.45) is 1.74. The summed E-state index contributed by atoms with van der Waals surface area (Å²) < 4.78 is 37.5. The SMILES string of the molecule is COCCOc1ccc(S(=O)(=O)N2C3CCC2C(C(=O)O)C3)cc1. The Labute approximate surface area is 141 Å². The van der Waals surface area contributed by atoms with E-state index >= 15 is 0 Å². The van der Waals surface area contributed by atoms with Crippen LogP contribution in [0, 0.1) is 5.92 Å². The molecule has 0 aliphatic carbocycles. The van der Waals surface area contributed by atoms with Crippen molar-refractivity contribution in [2.45, 2.75) is 36.2 Å². The number of rotatable bonds is 7. The maximum absolute atomic E-state index is 12.9. The molecule has 2 aliphatic heterocycles. The van der Waals surface area contributed by atoms with E-state index < -0.39 is 28.0 Å². The van der Waals surface area contributed by atoms with Crippen molar-refractivity contribution >= 4 is 16.0 Å². The molecule has 8 heteroatoms. The van der Waals surface area contributed by atoms with Crippen LogP contribution in [-0.2, 0) is 19.6 Å². The maximum atomic E-state index is 12.9. The number of carbonyl (C=O) groups is 1. The zero-order valence-corrected chi connectivity index (χ0v) is 14.2. The average Bonchev–Trinajstić information content (AvgIpc) is 3.14. The summed E-state index contributed by atoms with van der Waals surface area (Å²) in [6, 6.07) is 5.58. The van der Waals surface area contributed by atoms with Gasteiger partial charge in [-0.25, -0.2) is 8.42 Å². The molecule has 0 saturated carbocycles. The molecule has 2 saturated heterocycles. The summed E-state index contributed by atoms with van der Waals surface area (Å²) in [6.45, 7) is 0.840. The van der Waals surface area contributed by atoms with E-state index in [2.05, 4.69) is 0 Å². The summed E-state index contributed by atoms with van der Waals surface area (Å²) in [5.41, 5.74) is 0. The highest BCUT2D eigenvalue weighted by atomic mass is 32.2. The molecule has 2 heterocycles. The molecule has 2 fully saturated rings. The van der Waals surface area contributed by atoms with E-state index in [1.54, 1.807) is 19.2 Å². The van der Waals surface area contributed by atoms with Crippen molar-refractivity contribution in [3.8, 4) is 5.75 Å². The van der Waals surface area contributed by atoms with Gasteiger partial charge in [0.2, 0.25) is 10.0 Å². The largest absolute Gasteiger partial charge is 0.491 e. The van der Waals surface area contributed by atoms with Gasteiger partial charge in [0, 0.05) is 19.2 Å². The summed E-state index contributed by atoms with van der Waals surface area (Å²) in [7, 11) is -2.12. The monoisotopic (exact) mass is 355 g/mol. The quantitative estimate of drug-likeness (QED) is 0.742. The Morgan fingerprint density at radius 3 is 2.54 bits per heavy atom. The lowest BCUT2D eigenvalue weighted by Gasteiger charge is -2.22. The summed E-state index contributed by atoms with van der Waals surface area (Å²) in [4.78, 5) is 11.5. The van der Waals surface area contributed by atoms with Crippen molar-refractivity contribution in [3.05, 3.63) is 24.3 Å². The first-order valence-electron chi connectivity index (χ1n) is 7.93. The van der Waals surface area contributed by atoms with Crippen LogP contribution in [0.5, 0.6) is 5.75 Å². The van der Waals surface area contributed by atoms with Gasteiger partial charge >= 0.3 is 5.97 Å². The third-order valence-electron chi connectivity index (χ3n) is 4.75. The lowest BCUT2D eigenvalue weighted by atomic mass is 9.89. The molecule has 24 heavy (non-hydrogen) atoms. The van der Waals surface area contributed by atoms with Crippen molar-refractivity contribution in [1.82, 2.24) is 4.31 Å². The molecule has 1 aromatic rings. The van der Waals surface area contributed by atoms with Crippen molar-refractivity contribution in [1.29, 1.82) is 0 Å². The summed E-state index contributed by atoms with van der Waals surface area (Å²) >= 11 is 0.